The molecule has 0 aliphatic rings. The molecule has 0 unspecified atom stereocenters. The van der Waals surface area contributed by atoms with E-state index in [-0.39, 0.29) is 0 Å². The van der Waals surface area contributed by atoms with Crippen molar-refractivity contribution in [1.82, 2.24) is 0 Å². The van der Waals surface area contributed by atoms with Crippen LogP contribution in [0.3, 0.4) is 0 Å². The molecule has 1 N–H and O–H groups in total. The Labute approximate surface area is 114 Å². The molecule has 0 radical (unpaired) electrons. The topological polar surface area (TPSA) is 29.5 Å². The molecular formula is C14H13IO2. The Morgan fingerprint density at radius 1 is 1.06 bits per heavy atom. The van der Waals surface area contributed by atoms with E-state index in [4.69, 9.17) is 4.74 Å². The van der Waals surface area contributed by atoms with Crippen molar-refractivity contribution < 1.29 is 9.84 Å². The minimum Gasteiger partial charge on any atom is -0.456 e. The van der Waals surface area contributed by atoms with Gasteiger partial charge in [-0.1, -0.05) is 24.3 Å². The minimum atomic E-state index is -0.444. The first kappa shape index (κ1) is 12.4. The second-order valence-electron chi connectivity index (χ2n) is 3.78. The van der Waals surface area contributed by atoms with Crippen molar-refractivity contribution >= 4 is 22.6 Å². The summed E-state index contributed by atoms with van der Waals surface area (Å²) >= 11 is 2.24. The van der Waals surface area contributed by atoms with E-state index in [1.165, 1.54) is 0 Å². The summed E-state index contributed by atoms with van der Waals surface area (Å²) in [5, 5.41) is 9.41. The number of rotatable bonds is 3. The van der Waals surface area contributed by atoms with Gasteiger partial charge in [-0.05, 0) is 59.3 Å². The first-order valence-electron chi connectivity index (χ1n) is 5.37. The standard InChI is InChI=1S/C14H13IO2/c1-10(16)11-6-8-12(9-7-11)17-14-5-3-2-4-13(14)15/h2-10,16H,1H3/t10-/m0/s1. The lowest BCUT2D eigenvalue weighted by Gasteiger charge is -2.09. The molecule has 0 aromatic heterocycles. The zero-order valence-corrected chi connectivity index (χ0v) is 11.6. The van der Waals surface area contributed by atoms with Crippen LogP contribution in [0, 0.1) is 3.57 Å². The number of ether oxygens (including phenoxy) is 1. The van der Waals surface area contributed by atoms with Gasteiger partial charge in [0.05, 0.1) is 9.67 Å². The van der Waals surface area contributed by atoms with E-state index in [0.717, 1.165) is 20.6 Å². The molecule has 0 bridgehead atoms. The summed E-state index contributed by atoms with van der Waals surface area (Å²) in [5.41, 5.74) is 0.889. The molecule has 0 aliphatic carbocycles. The molecule has 2 nitrogen and oxygen atoms in total. The van der Waals surface area contributed by atoms with E-state index in [2.05, 4.69) is 22.6 Å². The summed E-state index contributed by atoms with van der Waals surface area (Å²) < 4.78 is 6.83. The molecule has 0 spiro atoms. The van der Waals surface area contributed by atoms with Crippen LogP contribution in [0.15, 0.2) is 48.5 Å². The van der Waals surface area contributed by atoms with Crippen molar-refractivity contribution in [1.29, 1.82) is 0 Å². The fraction of sp³-hybridized carbons (Fsp3) is 0.143. The van der Waals surface area contributed by atoms with Gasteiger partial charge < -0.3 is 9.84 Å². The third-order valence-corrected chi connectivity index (χ3v) is 3.32. The van der Waals surface area contributed by atoms with Gasteiger partial charge in [-0.2, -0.15) is 0 Å². The van der Waals surface area contributed by atoms with Crippen LogP contribution in [-0.4, -0.2) is 5.11 Å². The molecule has 0 aliphatic heterocycles. The van der Waals surface area contributed by atoms with Gasteiger partial charge in [0.2, 0.25) is 0 Å². The lowest BCUT2D eigenvalue weighted by molar-refractivity contribution is 0.199. The van der Waals surface area contributed by atoms with E-state index in [1.54, 1.807) is 6.92 Å². The monoisotopic (exact) mass is 340 g/mol. The van der Waals surface area contributed by atoms with E-state index in [9.17, 15) is 5.11 Å². The molecule has 0 fully saturated rings. The minimum absolute atomic E-state index is 0.444. The van der Waals surface area contributed by atoms with E-state index in [1.807, 2.05) is 48.5 Å². The summed E-state index contributed by atoms with van der Waals surface area (Å²) in [6.07, 6.45) is -0.444. The quantitative estimate of drug-likeness (QED) is 0.851. The Balaban J connectivity index is 2.17. The maximum absolute atomic E-state index is 9.41. The molecule has 0 saturated carbocycles. The second kappa shape index (κ2) is 5.51. The van der Waals surface area contributed by atoms with Crippen LogP contribution in [0.25, 0.3) is 0 Å². The number of halogens is 1. The van der Waals surface area contributed by atoms with Gasteiger partial charge in [-0.25, -0.2) is 0 Å². The summed E-state index contributed by atoms with van der Waals surface area (Å²) in [4.78, 5) is 0. The third kappa shape index (κ3) is 3.20. The van der Waals surface area contributed by atoms with Crippen LogP contribution in [0.2, 0.25) is 0 Å². The first-order valence-corrected chi connectivity index (χ1v) is 6.45. The van der Waals surface area contributed by atoms with Crippen molar-refractivity contribution in [2.24, 2.45) is 0 Å². The maximum Gasteiger partial charge on any atom is 0.140 e. The van der Waals surface area contributed by atoms with Gasteiger partial charge in [-0.15, -0.1) is 0 Å². The summed E-state index contributed by atoms with van der Waals surface area (Å²) in [6.45, 7) is 1.75. The van der Waals surface area contributed by atoms with E-state index < -0.39 is 6.10 Å². The van der Waals surface area contributed by atoms with E-state index in [0.29, 0.717) is 0 Å². The highest BCUT2D eigenvalue weighted by atomic mass is 127. The Morgan fingerprint density at radius 3 is 2.29 bits per heavy atom. The maximum atomic E-state index is 9.41. The molecule has 2 aromatic carbocycles. The molecule has 2 rings (SSSR count). The number of benzene rings is 2. The van der Waals surface area contributed by atoms with E-state index >= 15 is 0 Å². The first-order chi connectivity index (χ1) is 8.16. The van der Waals surface area contributed by atoms with Crippen LogP contribution < -0.4 is 4.74 Å². The summed E-state index contributed by atoms with van der Waals surface area (Å²) in [6, 6.07) is 15.3. The molecule has 17 heavy (non-hydrogen) atoms. The lowest BCUT2D eigenvalue weighted by Crippen LogP contribution is -1.91. The summed E-state index contributed by atoms with van der Waals surface area (Å²) in [5.74, 6) is 1.62. The predicted molar refractivity (Wildman–Crippen MR) is 76.3 cm³/mol. The highest BCUT2D eigenvalue weighted by Crippen LogP contribution is 2.27. The van der Waals surface area contributed by atoms with Crippen LogP contribution in [-0.2, 0) is 0 Å². The zero-order chi connectivity index (χ0) is 12.3. The molecule has 3 heteroatoms. The van der Waals surface area contributed by atoms with Crippen LogP contribution in [0.5, 0.6) is 11.5 Å². The SMILES string of the molecule is C[C@H](O)c1ccc(Oc2ccccc2I)cc1. The molecule has 0 amide bonds. The molecule has 1 atom stereocenters. The van der Waals surface area contributed by atoms with Gasteiger partial charge >= 0.3 is 0 Å². The lowest BCUT2D eigenvalue weighted by atomic mass is 10.1. The highest BCUT2D eigenvalue weighted by Gasteiger charge is 2.03. The second-order valence-corrected chi connectivity index (χ2v) is 4.94. The number of para-hydroxylation sites is 1. The Morgan fingerprint density at radius 2 is 1.71 bits per heavy atom. The normalized spacial score (nSPS) is 12.2. The van der Waals surface area contributed by atoms with Crippen molar-refractivity contribution in [2.75, 3.05) is 0 Å². The Hall–Kier alpha value is -1.07. The molecule has 0 heterocycles. The average molecular weight is 340 g/mol. The Bertz CT molecular complexity index is 492. The number of hydrogen-bond acceptors (Lipinski definition) is 2. The number of aliphatic hydroxyl groups excluding tert-OH is 1. The third-order valence-electron chi connectivity index (χ3n) is 2.43. The largest absolute Gasteiger partial charge is 0.456 e. The van der Waals surface area contributed by atoms with Gasteiger partial charge in [0.1, 0.15) is 11.5 Å². The number of aliphatic hydroxyl groups is 1. The molecule has 0 saturated heterocycles. The van der Waals surface area contributed by atoms with Crippen LogP contribution >= 0.6 is 22.6 Å². The van der Waals surface area contributed by atoms with Gasteiger partial charge in [-0.3, -0.25) is 0 Å². The zero-order valence-electron chi connectivity index (χ0n) is 9.43. The van der Waals surface area contributed by atoms with Gasteiger partial charge in [0.25, 0.3) is 0 Å². The summed E-state index contributed by atoms with van der Waals surface area (Å²) in [7, 11) is 0. The van der Waals surface area contributed by atoms with Crippen LogP contribution in [0.4, 0.5) is 0 Å². The predicted octanol–water partition coefficient (Wildman–Crippen LogP) is 4.14. The van der Waals surface area contributed by atoms with Crippen LogP contribution in [0.1, 0.15) is 18.6 Å². The highest BCUT2D eigenvalue weighted by molar-refractivity contribution is 14.1. The fourth-order valence-corrected chi connectivity index (χ4v) is 1.97. The van der Waals surface area contributed by atoms with Crippen molar-refractivity contribution in [3.05, 3.63) is 57.7 Å². The smallest absolute Gasteiger partial charge is 0.140 e. The van der Waals surface area contributed by atoms with Gasteiger partial charge in [0, 0.05) is 0 Å². The van der Waals surface area contributed by atoms with Crippen molar-refractivity contribution in [2.45, 2.75) is 13.0 Å². The molecular weight excluding hydrogens is 327 g/mol. The van der Waals surface area contributed by atoms with Crippen molar-refractivity contribution in [3.63, 3.8) is 0 Å². The fourth-order valence-electron chi connectivity index (χ4n) is 1.47. The Kier molecular flexibility index (Phi) is 4.02. The average Bonchev–Trinajstić information content (AvgIpc) is 2.33. The molecule has 88 valence electrons. The van der Waals surface area contributed by atoms with Crippen molar-refractivity contribution in [3.8, 4) is 11.5 Å². The molecule has 2 aromatic rings. The van der Waals surface area contributed by atoms with Gasteiger partial charge in [0.15, 0.2) is 0 Å². The number of hydrogen-bond donors (Lipinski definition) is 1.